The molecule has 0 radical (unpaired) electrons. The molecule has 4 heteroatoms. The van der Waals surface area contributed by atoms with Gasteiger partial charge in [0.2, 0.25) is 0 Å². The third-order valence-electron chi connectivity index (χ3n) is 4.38. The van der Waals surface area contributed by atoms with Gasteiger partial charge in [-0.1, -0.05) is 12.1 Å². The molecule has 1 aliphatic heterocycles. The zero-order valence-corrected chi connectivity index (χ0v) is 10.9. The molecule has 2 fully saturated rings. The molecule has 2 unspecified atom stereocenters. The summed E-state index contributed by atoms with van der Waals surface area (Å²) in [5, 5.41) is 9.27. The molecule has 2 aromatic rings. The Hall–Kier alpha value is -1.81. The minimum absolute atomic E-state index is 0.588. The standard InChI is InChI=1S/C15H17N3O/c1-19-13-4-2-3-10-9(13)5-6-17-15(10)18-14-11-7-16-8-12(11)14/h2-6,11-12,14,16H,7-8H2,1H3,(H,17,18). The predicted octanol–water partition coefficient (Wildman–Crippen LogP) is 1.87. The first-order valence-electron chi connectivity index (χ1n) is 6.77. The number of nitrogens with one attached hydrogen (secondary N) is 2. The quantitative estimate of drug-likeness (QED) is 0.879. The van der Waals surface area contributed by atoms with Crippen molar-refractivity contribution in [1.29, 1.82) is 0 Å². The third kappa shape index (κ3) is 1.67. The molecule has 0 bridgehead atoms. The summed E-state index contributed by atoms with van der Waals surface area (Å²) in [6.45, 7) is 2.27. The van der Waals surface area contributed by atoms with Crippen molar-refractivity contribution in [3.63, 3.8) is 0 Å². The van der Waals surface area contributed by atoms with Gasteiger partial charge in [0.05, 0.1) is 7.11 Å². The van der Waals surface area contributed by atoms with Crippen molar-refractivity contribution in [3.05, 3.63) is 30.5 Å². The van der Waals surface area contributed by atoms with E-state index in [2.05, 4.69) is 21.7 Å². The van der Waals surface area contributed by atoms with Crippen LogP contribution in [0.4, 0.5) is 5.82 Å². The maximum Gasteiger partial charge on any atom is 0.134 e. The average molecular weight is 255 g/mol. The second-order valence-electron chi connectivity index (χ2n) is 5.37. The maximum absolute atomic E-state index is 5.41. The molecule has 98 valence electrons. The van der Waals surface area contributed by atoms with Crippen LogP contribution in [0.2, 0.25) is 0 Å². The highest BCUT2D eigenvalue weighted by Crippen LogP contribution is 2.44. The van der Waals surface area contributed by atoms with Crippen molar-refractivity contribution in [1.82, 2.24) is 10.3 Å². The lowest BCUT2D eigenvalue weighted by atomic mass is 10.1. The van der Waals surface area contributed by atoms with Gasteiger partial charge < -0.3 is 15.4 Å². The molecule has 19 heavy (non-hydrogen) atoms. The van der Waals surface area contributed by atoms with Crippen molar-refractivity contribution >= 4 is 16.6 Å². The number of pyridine rings is 1. The molecule has 4 rings (SSSR count). The number of benzene rings is 1. The highest BCUT2D eigenvalue weighted by atomic mass is 16.5. The monoisotopic (exact) mass is 255 g/mol. The normalized spacial score (nSPS) is 28.2. The van der Waals surface area contributed by atoms with Gasteiger partial charge in [-0.05, 0) is 24.0 Å². The predicted molar refractivity (Wildman–Crippen MR) is 75.6 cm³/mol. The van der Waals surface area contributed by atoms with Crippen molar-refractivity contribution in [2.45, 2.75) is 6.04 Å². The summed E-state index contributed by atoms with van der Waals surface area (Å²) in [5.74, 6) is 3.45. The van der Waals surface area contributed by atoms with Gasteiger partial charge in [0.15, 0.2) is 0 Å². The summed E-state index contributed by atoms with van der Waals surface area (Å²) in [6.07, 6.45) is 1.85. The van der Waals surface area contributed by atoms with Gasteiger partial charge >= 0.3 is 0 Å². The number of aromatic nitrogens is 1. The summed E-state index contributed by atoms with van der Waals surface area (Å²) in [5.41, 5.74) is 0. The number of nitrogens with zero attached hydrogens (tertiary/aromatic N) is 1. The number of anilines is 1. The van der Waals surface area contributed by atoms with E-state index in [1.54, 1.807) is 7.11 Å². The molecule has 1 saturated carbocycles. The van der Waals surface area contributed by atoms with E-state index in [9.17, 15) is 0 Å². The SMILES string of the molecule is COc1cccc2c(NC3C4CNCC43)nccc12. The number of piperidine rings is 1. The first kappa shape index (κ1) is 11.1. The zero-order chi connectivity index (χ0) is 12.8. The van der Waals surface area contributed by atoms with E-state index in [1.807, 2.05) is 24.4 Å². The highest BCUT2D eigenvalue weighted by Gasteiger charge is 2.53. The lowest BCUT2D eigenvalue weighted by Crippen LogP contribution is -2.21. The molecule has 0 amide bonds. The van der Waals surface area contributed by atoms with E-state index in [0.29, 0.717) is 6.04 Å². The van der Waals surface area contributed by atoms with Crippen LogP contribution < -0.4 is 15.4 Å². The van der Waals surface area contributed by atoms with E-state index >= 15 is 0 Å². The highest BCUT2D eigenvalue weighted by molar-refractivity contribution is 5.96. The lowest BCUT2D eigenvalue weighted by Gasteiger charge is -2.12. The smallest absolute Gasteiger partial charge is 0.134 e. The molecule has 2 N–H and O–H groups in total. The van der Waals surface area contributed by atoms with E-state index in [1.165, 1.54) is 0 Å². The van der Waals surface area contributed by atoms with E-state index in [-0.39, 0.29) is 0 Å². The molecule has 2 atom stereocenters. The van der Waals surface area contributed by atoms with Gasteiger partial charge in [0.1, 0.15) is 11.6 Å². The van der Waals surface area contributed by atoms with Gasteiger partial charge in [-0.15, -0.1) is 0 Å². The Morgan fingerprint density at radius 2 is 2.05 bits per heavy atom. The summed E-state index contributed by atoms with van der Waals surface area (Å²) < 4.78 is 5.41. The second kappa shape index (κ2) is 4.10. The number of hydrogen-bond acceptors (Lipinski definition) is 4. The van der Waals surface area contributed by atoms with Gasteiger partial charge in [-0.25, -0.2) is 4.98 Å². The molecule has 4 nitrogen and oxygen atoms in total. The third-order valence-corrected chi connectivity index (χ3v) is 4.38. The fourth-order valence-electron chi connectivity index (χ4n) is 3.26. The van der Waals surface area contributed by atoms with Crippen LogP contribution in [0.5, 0.6) is 5.75 Å². The van der Waals surface area contributed by atoms with E-state index < -0.39 is 0 Å². The van der Waals surface area contributed by atoms with Gasteiger partial charge in [-0.3, -0.25) is 0 Å². The number of ether oxygens (including phenoxy) is 1. The molecule has 1 saturated heterocycles. The zero-order valence-electron chi connectivity index (χ0n) is 10.9. The molecule has 1 aliphatic carbocycles. The van der Waals surface area contributed by atoms with Crippen molar-refractivity contribution in [2.75, 3.05) is 25.5 Å². The van der Waals surface area contributed by atoms with Crippen LogP contribution in [0.25, 0.3) is 10.8 Å². The molecule has 2 aliphatic rings. The summed E-state index contributed by atoms with van der Waals surface area (Å²) in [4.78, 5) is 4.50. The fourth-order valence-corrected chi connectivity index (χ4v) is 3.26. The second-order valence-corrected chi connectivity index (χ2v) is 5.37. The summed E-state index contributed by atoms with van der Waals surface area (Å²) in [7, 11) is 1.71. The Balaban J connectivity index is 1.70. The lowest BCUT2D eigenvalue weighted by molar-refractivity contribution is 0.420. The summed E-state index contributed by atoms with van der Waals surface area (Å²) in [6, 6.07) is 8.70. The topological polar surface area (TPSA) is 46.2 Å². The largest absolute Gasteiger partial charge is 0.496 e. The summed E-state index contributed by atoms with van der Waals surface area (Å²) >= 11 is 0. The van der Waals surface area contributed by atoms with Crippen LogP contribution in [0.15, 0.2) is 30.5 Å². The molecule has 0 spiro atoms. The van der Waals surface area contributed by atoms with Gasteiger partial charge in [-0.2, -0.15) is 0 Å². The molecule has 1 aromatic carbocycles. The average Bonchev–Trinajstić information content (AvgIpc) is 2.88. The molecular formula is C15H17N3O. The van der Waals surface area contributed by atoms with Crippen LogP contribution in [0.3, 0.4) is 0 Å². The number of fused-ring (bicyclic) bond motifs is 2. The molecule has 1 aromatic heterocycles. The van der Waals surface area contributed by atoms with Gasteiger partial charge in [0, 0.05) is 36.1 Å². The Kier molecular flexibility index (Phi) is 2.38. The minimum Gasteiger partial charge on any atom is -0.496 e. The Morgan fingerprint density at radius 3 is 2.84 bits per heavy atom. The van der Waals surface area contributed by atoms with Crippen LogP contribution in [-0.4, -0.2) is 31.2 Å². The van der Waals surface area contributed by atoms with Crippen molar-refractivity contribution in [2.24, 2.45) is 11.8 Å². The maximum atomic E-state index is 5.41. The van der Waals surface area contributed by atoms with Crippen LogP contribution in [-0.2, 0) is 0 Å². The first-order valence-corrected chi connectivity index (χ1v) is 6.77. The van der Waals surface area contributed by atoms with E-state index in [0.717, 1.165) is 47.3 Å². The van der Waals surface area contributed by atoms with Crippen LogP contribution in [0.1, 0.15) is 0 Å². The number of hydrogen-bond donors (Lipinski definition) is 2. The van der Waals surface area contributed by atoms with Crippen molar-refractivity contribution in [3.8, 4) is 5.75 Å². The number of methoxy groups -OCH3 is 1. The first-order chi connectivity index (χ1) is 9.38. The van der Waals surface area contributed by atoms with Crippen LogP contribution in [0, 0.1) is 11.8 Å². The Morgan fingerprint density at radius 1 is 1.21 bits per heavy atom. The van der Waals surface area contributed by atoms with Crippen molar-refractivity contribution < 1.29 is 4.74 Å². The fraction of sp³-hybridized carbons (Fsp3) is 0.400. The Bertz CT molecular complexity index is 618. The molecule has 2 heterocycles. The van der Waals surface area contributed by atoms with Gasteiger partial charge in [0.25, 0.3) is 0 Å². The minimum atomic E-state index is 0.588. The van der Waals surface area contributed by atoms with Crippen LogP contribution >= 0.6 is 0 Å². The van der Waals surface area contributed by atoms with E-state index in [4.69, 9.17) is 4.74 Å². The molecular weight excluding hydrogens is 238 g/mol. The number of rotatable bonds is 3. The Labute approximate surface area is 112 Å².